The highest BCUT2D eigenvalue weighted by molar-refractivity contribution is 5.75. The molecule has 100 valence electrons. The smallest absolute Gasteiger partial charge is 0.305 e. The van der Waals surface area contributed by atoms with Crippen LogP contribution in [0.3, 0.4) is 0 Å². The number of hydrogen-bond donors (Lipinski definition) is 2. The summed E-state index contributed by atoms with van der Waals surface area (Å²) < 4.78 is 26.5. The molecule has 1 aromatic rings. The SMILES string of the molecule is N#CC(CC(=O)O)(CC(=O)O)c1ccc(F)cc1F. The largest absolute Gasteiger partial charge is 0.481 e. The molecule has 0 fully saturated rings. The number of carbonyl (C=O) groups is 2. The monoisotopic (exact) mass is 269 g/mol. The maximum absolute atomic E-state index is 13.7. The molecule has 0 atom stereocenters. The first-order chi connectivity index (χ1) is 8.80. The van der Waals surface area contributed by atoms with Gasteiger partial charge >= 0.3 is 11.9 Å². The van der Waals surface area contributed by atoms with E-state index < -0.39 is 47.4 Å². The van der Waals surface area contributed by atoms with Crippen LogP contribution in [0.2, 0.25) is 0 Å². The average Bonchev–Trinajstić information content (AvgIpc) is 2.26. The van der Waals surface area contributed by atoms with Crippen molar-refractivity contribution in [1.82, 2.24) is 0 Å². The van der Waals surface area contributed by atoms with Gasteiger partial charge in [-0.15, -0.1) is 0 Å². The van der Waals surface area contributed by atoms with Gasteiger partial charge in [-0.05, 0) is 6.07 Å². The molecule has 0 aliphatic heterocycles. The van der Waals surface area contributed by atoms with E-state index in [9.17, 15) is 18.4 Å². The fraction of sp³-hybridized carbons (Fsp3) is 0.250. The van der Waals surface area contributed by atoms with Crippen molar-refractivity contribution in [2.24, 2.45) is 0 Å². The molecule has 0 spiro atoms. The number of benzene rings is 1. The standard InChI is InChI=1S/C12H9F2NO4/c13-7-1-2-8(9(14)3-7)12(6-15,4-10(16)17)5-11(18)19/h1-3H,4-5H2,(H,16,17)(H,18,19). The van der Waals surface area contributed by atoms with Gasteiger partial charge in [0.2, 0.25) is 0 Å². The van der Waals surface area contributed by atoms with Crippen LogP contribution in [-0.4, -0.2) is 22.2 Å². The molecule has 19 heavy (non-hydrogen) atoms. The predicted octanol–water partition coefficient (Wildman–Crippen LogP) is 1.68. The Balaban J connectivity index is 3.40. The van der Waals surface area contributed by atoms with Crippen molar-refractivity contribution < 1.29 is 28.6 Å². The van der Waals surface area contributed by atoms with E-state index in [1.807, 2.05) is 0 Å². The van der Waals surface area contributed by atoms with Crippen molar-refractivity contribution in [3.8, 4) is 6.07 Å². The lowest BCUT2D eigenvalue weighted by Gasteiger charge is -2.23. The van der Waals surface area contributed by atoms with Crippen molar-refractivity contribution in [1.29, 1.82) is 5.26 Å². The molecule has 0 saturated carbocycles. The van der Waals surface area contributed by atoms with Crippen LogP contribution in [0.25, 0.3) is 0 Å². The molecule has 0 heterocycles. The number of nitriles is 1. The maximum Gasteiger partial charge on any atom is 0.305 e. The molecule has 0 unspecified atom stereocenters. The van der Waals surface area contributed by atoms with Gasteiger partial charge in [0.1, 0.15) is 17.0 Å². The Labute approximate surface area is 106 Å². The predicted molar refractivity (Wildman–Crippen MR) is 58.2 cm³/mol. The highest BCUT2D eigenvalue weighted by atomic mass is 19.1. The average molecular weight is 269 g/mol. The van der Waals surface area contributed by atoms with Gasteiger partial charge in [-0.3, -0.25) is 9.59 Å². The summed E-state index contributed by atoms with van der Waals surface area (Å²) in [5.74, 6) is -4.96. The molecular formula is C12H9F2NO4. The van der Waals surface area contributed by atoms with Crippen LogP contribution in [0.4, 0.5) is 8.78 Å². The summed E-state index contributed by atoms with van der Waals surface area (Å²) in [6, 6.07) is 3.74. The van der Waals surface area contributed by atoms with Gasteiger partial charge in [0, 0.05) is 11.6 Å². The molecule has 0 bridgehead atoms. The number of aliphatic carboxylic acids is 2. The second-order valence-corrected chi connectivity index (χ2v) is 3.96. The normalized spacial score (nSPS) is 10.8. The maximum atomic E-state index is 13.7. The third kappa shape index (κ3) is 3.25. The summed E-state index contributed by atoms with van der Waals surface area (Å²) in [6.45, 7) is 0. The van der Waals surface area contributed by atoms with E-state index in [2.05, 4.69) is 0 Å². The van der Waals surface area contributed by atoms with E-state index >= 15 is 0 Å². The first kappa shape index (κ1) is 14.6. The van der Waals surface area contributed by atoms with Crippen molar-refractivity contribution in [3.63, 3.8) is 0 Å². The third-order valence-electron chi connectivity index (χ3n) is 2.57. The summed E-state index contributed by atoms with van der Waals surface area (Å²) in [5.41, 5.74) is -2.52. The second-order valence-electron chi connectivity index (χ2n) is 3.96. The van der Waals surface area contributed by atoms with Gasteiger partial charge in [-0.1, -0.05) is 6.07 Å². The van der Waals surface area contributed by atoms with E-state index in [0.717, 1.165) is 12.1 Å². The van der Waals surface area contributed by atoms with Crippen molar-refractivity contribution in [3.05, 3.63) is 35.4 Å². The summed E-state index contributed by atoms with van der Waals surface area (Å²) in [6.07, 6.45) is -1.78. The van der Waals surface area contributed by atoms with Crippen LogP contribution in [0.1, 0.15) is 18.4 Å². The lowest BCUT2D eigenvalue weighted by atomic mass is 9.76. The number of rotatable bonds is 5. The van der Waals surface area contributed by atoms with Crippen LogP contribution in [0.15, 0.2) is 18.2 Å². The Morgan fingerprint density at radius 2 is 1.74 bits per heavy atom. The van der Waals surface area contributed by atoms with Gasteiger partial charge in [0.25, 0.3) is 0 Å². The number of carboxylic acids is 2. The van der Waals surface area contributed by atoms with Crippen LogP contribution < -0.4 is 0 Å². The zero-order chi connectivity index (χ0) is 14.6. The minimum Gasteiger partial charge on any atom is -0.481 e. The molecule has 1 rings (SSSR count). The lowest BCUT2D eigenvalue weighted by Crippen LogP contribution is -2.32. The highest BCUT2D eigenvalue weighted by Crippen LogP contribution is 2.33. The molecule has 0 aliphatic rings. The Hall–Kier alpha value is -2.49. The molecular weight excluding hydrogens is 260 g/mol. The minimum atomic E-state index is -2.07. The van der Waals surface area contributed by atoms with Crippen molar-refractivity contribution in [2.45, 2.75) is 18.3 Å². The fourth-order valence-corrected chi connectivity index (χ4v) is 1.79. The Kier molecular flexibility index (Phi) is 4.17. The van der Waals surface area contributed by atoms with E-state index in [0.29, 0.717) is 6.07 Å². The minimum absolute atomic E-state index is 0.443. The quantitative estimate of drug-likeness (QED) is 0.847. The van der Waals surface area contributed by atoms with E-state index in [1.165, 1.54) is 6.07 Å². The molecule has 0 saturated heterocycles. The first-order valence-electron chi connectivity index (χ1n) is 5.11. The molecule has 0 aromatic heterocycles. The van der Waals surface area contributed by atoms with E-state index in [1.54, 1.807) is 0 Å². The first-order valence-corrected chi connectivity index (χ1v) is 5.11. The molecule has 0 amide bonds. The Bertz CT molecular complexity index is 549. The molecule has 0 aliphatic carbocycles. The fourth-order valence-electron chi connectivity index (χ4n) is 1.79. The van der Waals surface area contributed by atoms with Gasteiger partial charge in [-0.25, -0.2) is 8.78 Å². The molecule has 5 nitrogen and oxygen atoms in total. The summed E-state index contributed by atoms with van der Waals surface area (Å²) >= 11 is 0. The zero-order valence-corrected chi connectivity index (χ0v) is 9.56. The van der Waals surface area contributed by atoms with E-state index in [4.69, 9.17) is 15.5 Å². The van der Waals surface area contributed by atoms with Crippen LogP contribution in [0.5, 0.6) is 0 Å². The summed E-state index contributed by atoms with van der Waals surface area (Å²) in [4.78, 5) is 21.5. The highest BCUT2D eigenvalue weighted by Gasteiger charge is 2.39. The van der Waals surface area contributed by atoms with Crippen LogP contribution in [0, 0.1) is 23.0 Å². The van der Waals surface area contributed by atoms with Gasteiger partial charge in [-0.2, -0.15) is 5.26 Å². The molecule has 1 aromatic carbocycles. The summed E-state index contributed by atoms with van der Waals surface area (Å²) in [5, 5.41) is 26.6. The molecule has 0 radical (unpaired) electrons. The topological polar surface area (TPSA) is 98.4 Å². The lowest BCUT2D eigenvalue weighted by molar-refractivity contribution is -0.140. The third-order valence-corrected chi connectivity index (χ3v) is 2.57. The van der Waals surface area contributed by atoms with Gasteiger partial charge < -0.3 is 10.2 Å². The van der Waals surface area contributed by atoms with Crippen molar-refractivity contribution in [2.75, 3.05) is 0 Å². The number of nitrogens with zero attached hydrogens (tertiary/aromatic N) is 1. The van der Waals surface area contributed by atoms with Crippen molar-refractivity contribution >= 4 is 11.9 Å². The molecule has 7 heteroatoms. The van der Waals surface area contributed by atoms with E-state index in [-0.39, 0.29) is 0 Å². The Morgan fingerprint density at radius 1 is 1.21 bits per heavy atom. The number of halogens is 2. The Morgan fingerprint density at radius 3 is 2.11 bits per heavy atom. The molecule has 2 N–H and O–H groups in total. The number of carboxylic acid groups (broad SMARTS) is 2. The summed E-state index contributed by atoms with van der Waals surface area (Å²) in [7, 11) is 0. The van der Waals surface area contributed by atoms with Crippen LogP contribution in [-0.2, 0) is 15.0 Å². The number of hydrogen-bond acceptors (Lipinski definition) is 3. The van der Waals surface area contributed by atoms with Gasteiger partial charge in [0.15, 0.2) is 0 Å². The van der Waals surface area contributed by atoms with Gasteiger partial charge in [0.05, 0.1) is 18.9 Å². The van der Waals surface area contributed by atoms with Crippen LogP contribution >= 0.6 is 0 Å². The zero-order valence-electron chi connectivity index (χ0n) is 9.56. The second kappa shape index (κ2) is 5.44.